The SMILES string of the molecule is COCCNC(=O)c1ccc(OC)cc1OC1CCN(CC2CCCCC2)CC1. The Morgan fingerprint density at radius 3 is 2.55 bits per heavy atom. The molecule has 1 aliphatic carbocycles. The number of carbonyl (C=O) groups is 1. The zero-order valence-electron chi connectivity index (χ0n) is 18.0. The van der Waals surface area contributed by atoms with Crippen LogP contribution in [-0.2, 0) is 4.74 Å². The fourth-order valence-corrected chi connectivity index (χ4v) is 4.40. The minimum Gasteiger partial charge on any atom is -0.497 e. The summed E-state index contributed by atoms with van der Waals surface area (Å²) in [6, 6.07) is 5.39. The van der Waals surface area contributed by atoms with Crippen LogP contribution in [-0.4, -0.2) is 63.9 Å². The van der Waals surface area contributed by atoms with Gasteiger partial charge in [0.15, 0.2) is 0 Å². The Labute approximate surface area is 174 Å². The van der Waals surface area contributed by atoms with Crippen LogP contribution in [0.2, 0.25) is 0 Å². The molecule has 1 aromatic carbocycles. The number of rotatable bonds is 9. The van der Waals surface area contributed by atoms with Crippen molar-refractivity contribution in [3.8, 4) is 11.5 Å². The highest BCUT2D eigenvalue weighted by Crippen LogP contribution is 2.29. The van der Waals surface area contributed by atoms with Gasteiger partial charge in [0.25, 0.3) is 5.91 Å². The highest BCUT2D eigenvalue weighted by molar-refractivity contribution is 5.97. The van der Waals surface area contributed by atoms with E-state index in [9.17, 15) is 4.79 Å². The zero-order chi connectivity index (χ0) is 20.5. The molecule has 6 heteroatoms. The van der Waals surface area contributed by atoms with E-state index in [0.29, 0.717) is 30.2 Å². The number of piperidine rings is 1. The van der Waals surface area contributed by atoms with Crippen molar-refractivity contribution in [2.75, 3.05) is 47.0 Å². The van der Waals surface area contributed by atoms with Gasteiger partial charge in [-0.25, -0.2) is 0 Å². The average molecular weight is 405 g/mol. The van der Waals surface area contributed by atoms with Crippen molar-refractivity contribution in [1.82, 2.24) is 10.2 Å². The molecule has 3 rings (SSSR count). The van der Waals surface area contributed by atoms with Gasteiger partial charge in [0.1, 0.15) is 17.6 Å². The normalized spacial score (nSPS) is 19.1. The maximum absolute atomic E-state index is 12.6. The lowest BCUT2D eigenvalue weighted by molar-refractivity contribution is 0.0826. The van der Waals surface area contributed by atoms with Crippen molar-refractivity contribution < 1.29 is 19.0 Å². The lowest BCUT2D eigenvalue weighted by atomic mass is 9.88. The Hall–Kier alpha value is -1.79. The number of likely N-dealkylation sites (tertiary alicyclic amines) is 1. The fourth-order valence-electron chi connectivity index (χ4n) is 4.40. The number of ether oxygens (including phenoxy) is 3. The Bertz CT molecular complexity index is 638. The Morgan fingerprint density at radius 2 is 1.86 bits per heavy atom. The molecule has 0 atom stereocenters. The minimum atomic E-state index is -0.144. The van der Waals surface area contributed by atoms with E-state index in [2.05, 4.69) is 10.2 Å². The second kappa shape index (κ2) is 11.4. The van der Waals surface area contributed by atoms with Gasteiger partial charge in [0.05, 0.1) is 19.3 Å². The predicted molar refractivity (Wildman–Crippen MR) is 114 cm³/mol. The van der Waals surface area contributed by atoms with Crippen LogP contribution in [0, 0.1) is 5.92 Å². The Kier molecular flexibility index (Phi) is 8.62. The van der Waals surface area contributed by atoms with Crippen LogP contribution in [0.15, 0.2) is 18.2 Å². The molecule has 0 unspecified atom stereocenters. The van der Waals surface area contributed by atoms with E-state index in [4.69, 9.17) is 14.2 Å². The highest BCUT2D eigenvalue weighted by atomic mass is 16.5. The van der Waals surface area contributed by atoms with Crippen molar-refractivity contribution >= 4 is 5.91 Å². The molecule has 2 aliphatic rings. The van der Waals surface area contributed by atoms with E-state index in [-0.39, 0.29) is 12.0 Å². The third-order valence-corrected chi connectivity index (χ3v) is 6.09. The van der Waals surface area contributed by atoms with E-state index >= 15 is 0 Å². The van der Waals surface area contributed by atoms with Crippen molar-refractivity contribution in [2.45, 2.75) is 51.0 Å². The average Bonchev–Trinajstić information content (AvgIpc) is 2.76. The number of carbonyl (C=O) groups excluding carboxylic acids is 1. The summed E-state index contributed by atoms with van der Waals surface area (Å²) >= 11 is 0. The topological polar surface area (TPSA) is 60.0 Å². The first kappa shape index (κ1) is 21.9. The largest absolute Gasteiger partial charge is 0.497 e. The third kappa shape index (κ3) is 6.61. The number of hydrogen-bond donors (Lipinski definition) is 1. The summed E-state index contributed by atoms with van der Waals surface area (Å²) in [5, 5.41) is 2.87. The van der Waals surface area contributed by atoms with Gasteiger partial charge >= 0.3 is 0 Å². The van der Waals surface area contributed by atoms with Crippen LogP contribution in [0.5, 0.6) is 11.5 Å². The van der Waals surface area contributed by atoms with Crippen LogP contribution in [0.4, 0.5) is 0 Å². The molecule has 29 heavy (non-hydrogen) atoms. The number of benzene rings is 1. The molecule has 1 amide bonds. The molecule has 1 aliphatic heterocycles. The molecule has 6 nitrogen and oxygen atoms in total. The number of amides is 1. The van der Waals surface area contributed by atoms with E-state index in [1.807, 2.05) is 6.07 Å². The van der Waals surface area contributed by atoms with Gasteiger partial charge < -0.3 is 24.4 Å². The molecule has 1 saturated heterocycles. The summed E-state index contributed by atoms with van der Waals surface area (Å²) in [6.45, 7) is 4.33. The summed E-state index contributed by atoms with van der Waals surface area (Å²) < 4.78 is 16.6. The fraction of sp³-hybridized carbons (Fsp3) is 0.696. The minimum absolute atomic E-state index is 0.134. The summed E-state index contributed by atoms with van der Waals surface area (Å²) in [5.41, 5.74) is 0.548. The van der Waals surface area contributed by atoms with Gasteiger partial charge in [-0.15, -0.1) is 0 Å². The zero-order valence-corrected chi connectivity index (χ0v) is 18.0. The Morgan fingerprint density at radius 1 is 1.10 bits per heavy atom. The van der Waals surface area contributed by atoms with Crippen LogP contribution in [0.25, 0.3) is 0 Å². The monoisotopic (exact) mass is 404 g/mol. The van der Waals surface area contributed by atoms with Gasteiger partial charge in [-0.1, -0.05) is 19.3 Å². The standard InChI is InChI=1S/C23H36N2O4/c1-27-15-12-24-23(26)21-9-8-20(28-2)16-22(21)29-19-10-13-25(14-11-19)17-18-6-4-3-5-7-18/h8-9,16,18-19H,3-7,10-15,17H2,1-2H3,(H,24,26). The van der Waals surface area contributed by atoms with Crippen molar-refractivity contribution in [1.29, 1.82) is 0 Å². The maximum Gasteiger partial charge on any atom is 0.255 e. The van der Waals surface area contributed by atoms with Crippen LogP contribution >= 0.6 is 0 Å². The first-order valence-corrected chi connectivity index (χ1v) is 11.0. The van der Waals surface area contributed by atoms with Crippen LogP contribution in [0.3, 0.4) is 0 Å². The molecular weight excluding hydrogens is 368 g/mol. The number of methoxy groups -OCH3 is 2. The van der Waals surface area contributed by atoms with Crippen molar-refractivity contribution in [3.63, 3.8) is 0 Å². The summed E-state index contributed by atoms with van der Waals surface area (Å²) in [6.07, 6.45) is 9.11. The first-order valence-electron chi connectivity index (χ1n) is 11.0. The van der Waals surface area contributed by atoms with E-state index in [1.165, 1.54) is 38.6 Å². The second-order valence-electron chi connectivity index (χ2n) is 8.23. The molecular formula is C23H36N2O4. The number of nitrogens with zero attached hydrogens (tertiary/aromatic N) is 1. The second-order valence-corrected chi connectivity index (χ2v) is 8.23. The van der Waals surface area contributed by atoms with E-state index < -0.39 is 0 Å². The number of nitrogens with one attached hydrogen (secondary N) is 1. The predicted octanol–water partition coefficient (Wildman–Crippen LogP) is 3.49. The van der Waals surface area contributed by atoms with E-state index in [1.54, 1.807) is 26.4 Å². The van der Waals surface area contributed by atoms with Crippen molar-refractivity contribution in [3.05, 3.63) is 23.8 Å². The third-order valence-electron chi connectivity index (χ3n) is 6.09. The van der Waals surface area contributed by atoms with E-state index in [0.717, 1.165) is 31.8 Å². The van der Waals surface area contributed by atoms with Gasteiger partial charge in [-0.2, -0.15) is 0 Å². The molecule has 1 saturated carbocycles. The molecule has 0 spiro atoms. The molecule has 0 radical (unpaired) electrons. The molecule has 1 heterocycles. The first-order chi connectivity index (χ1) is 14.2. The smallest absolute Gasteiger partial charge is 0.255 e. The van der Waals surface area contributed by atoms with Gasteiger partial charge in [-0.05, 0) is 43.7 Å². The summed E-state index contributed by atoms with van der Waals surface area (Å²) in [7, 11) is 3.25. The lowest BCUT2D eigenvalue weighted by Gasteiger charge is -2.35. The molecule has 0 bridgehead atoms. The van der Waals surface area contributed by atoms with Gasteiger partial charge in [0, 0.05) is 39.4 Å². The molecule has 162 valence electrons. The molecule has 1 aromatic rings. The molecule has 1 N–H and O–H groups in total. The van der Waals surface area contributed by atoms with Gasteiger partial charge in [0.2, 0.25) is 0 Å². The molecule has 0 aromatic heterocycles. The summed E-state index contributed by atoms with van der Waals surface area (Å²) in [5.74, 6) is 2.03. The quantitative estimate of drug-likeness (QED) is 0.639. The lowest BCUT2D eigenvalue weighted by Crippen LogP contribution is -2.41. The molecule has 2 fully saturated rings. The highest BCUT2D eigenvalue weighted by Gasteiger charge is 2.25. The van der Waals surface area contributed by atoms with Crippen LogP contribution < -0.4 is 14.8 Å². The Balaban J connectivity index is 1.55. The number of hydrogen-bond acceptors (Lipinski definition) is 5. The van der Waals surface area contributed by atoms with Gasteiger partial charge in [-0.3, -0.25) is 4.79 Å². The van der Waals surface area contributed by atoms with Crippen molar-refractivity contribution in [2.24, 2.45) is 5.92 Å². The van der Waals surface area contributed by atoms with Crippen LogP contribution in [0.1, 0.15) is 55.3 Å². The summed E-state index contributed by atoms with van der Waals surface area (Å²) in [4.78, 5) is 15.2. The maximum atomic E-state index is 12.6.